The number of halogens is 3. The molecule has 2 aliphatic rings. The van der Waals surface area contributed by atoms with Gasteiger partial charge in [0.25, 0.3) is 18.2 Å². The van der Waals surface area contributed by atoms with Crippen molar-refractivity contribution in [2.24, 2.45) is 5.92 Å². The summed E-state index contributed by atoms with van der Waals surface area (Å²) in [7, 11) is 1.81. The van der Waals surface area contributed by atoms with Crippen LogP contribution in [0.1, 0.15) is 40.9 Å². The van der Waals surface area contributed by atoms with E-state index < -0.39 is 24.3 Å². The third kappa shape index (κ3) is 6.84. The Kier molecular flexibility index (Phi) is 9.12. The summed E-state index contributed by atoms with van der Waals surface area (Å²) in [6, 6.07) is 6.61. The molecule has 0 spiro atoms. The molecule has 0 radical (unpaired) electrons. The van der Waals surface area contributed by atoms with E-state index in [-0.39, 0.29) is 49.1 Å². The minimum atomic E-state index is -2.85. The first kappa shape index (κ1) is 27.4. The van der Waals surface area contributed by atoms with Crippen LogP contribution in [0.3, 0.4) is 0 Å². The zero-order valence-corrected chi connectivity index (χ0v) is 21.9. The van der Waals surface area contributed by atoms with E-state index in [1.807, 2.05) is 11.9 Å². The number of rotatable bonds is 10. The first-order chi connectivity index (χ1) is 17.7. The van der Waals surface area contributed by atoms with Crippen LogP contribution in [0.5, 0.6) is 0 Å². The van der Waals surface area contributed by atoms with E-state index in [1.54, 1.807) is 12.1 Å². The molecule has 1 aliphatic heterocycles. The van der Waals surface area contributed by atoms with E-state index in [2.05, 4.69) is 10.6 Å². The monoisotopic (exact) mass is 554 g/mol. The Balaban J connectivity index is 1.49. The Morgan fingerprint density at radius 3 is 2.68 bits per heavy atom. The SMILES string of the molecule is CN(CC1CCC1)[C@H](CNC(=O)c1ccc(Cl)s1)C(=O)Nc1ccc(N2CCOCC2=O)c(C(F)F)c1. The molecule has 1 atom stereocenters. The van der Waals surface area contributed by atoms with Crippen LogP contribution < -0.4 is 15.5 Å². The number of benzene rings is 1. The maximum atomic E-state index is 13.9. The number of hydrogen-bond acceptors (Lipinski definition) is 6. The molecule has 1 saturated carbocycles. The number of carbonyl (C=O) groups excluding carboxylic acids is 3. The lowest BCUT2D eigenvalue weighted by Gasteiger charge is -2.34. The number of anilines is 2. The van der Waals surface area contributed by atoms with Crippen molar-refractivity contribution in [3.8, 4) is 0 Å². The van der Waals surface area contributed by atoms with Gasteiger partial charge in [0.15, 0.2) is 0 Å². The number of likely N-dealkylation sites (N-methyl/N-ethyl adjacent to an activating group) is 1. The summed E-state index contributed by atoms with van der Waals surface area (Å²) in [6.07, 6.45) is 0.465. The van der Waals surface area contributed by atoms with Gasteiger partial charge in [-0.2, -0.15) is 0 Å². The molecule has 2 fully saturated rings. The molecule has 0 unspecified atom stereocenters. The van der Waals surface area contributed by atoms with Gasteiger partial charge in [-0.1, -0.05) is 18.0 Å². The smallest absolute Gasteiger partial charge is 0.265 e. The van der Waals surface area contributed by atoms with Gasteiger partial charge in [-0.3, -0.25) is 19.3 Å². The predicted molar refractivity (Wildman–Crippen MR) is 139 cm³/mol. The van der Waals surface area contributed by atoms with E-state index in [0.29, 0.717) is 21.7 Å². The first-order valence-electron chi connectivity index (χ1n) is 12.1. The fourth-order valence-corrected chi connectivity index (χ4v) is 5.38. The molecule has 37 heavy (non-hydrogen) atoms. The van der Waals surface area contributed by atoms with E-state index >= 15 is 0 Å². The van der Waals surface area contributed by atoms with Gasteiger partial charge >= 0.3 is 0 Å². The third-order valence-corrected chi connectivity index (χ3v) is 7.90. The fourth-order valence-electron chi connectivity index (χ4n) is 4.42. The summed E-state index contributed by atoms with van der Waals surface area (Å²) in [5, 5.41) is 5.51. The number of ether oxygens (including phenoxy) is 1. The minimum Gasteiger partial charge on any atom is -0.370 e. The zero-order valence-electron chi connectivity index (χ0n) is 20.3. The molecule has 12 heteroatoms. The van der Waals surface area contributed by atoms with Gasteiger partial charge in [0.05, 0.1) is 21.5 Å². The summed E-state index contributed by atoms with van der Waals surface area (Å²) < 4.78 is 33.4. The number of nitrogens with one attached hydrogen (secondary N) is 2. The number of carbonyl (C=O) groups is 3. The van der Waals surface area contributed by atoms with Crippen LogP contribution >= 0.6 is 22.9 Å². The predicted octanol–water partition coefficient (Wildman–Crippen LogP) is 4.17. The Bertz CT molecular complexity index is 1140. The highest BCUT2D eigenvalue weighted by Gasteiger charge is 2.30. The number of nitrogens with zero attached hydrogens (tertiary/aromatic N) is 2. The van der Waals surface area contributed by atoms with Crippen molar-refractivity contribution in [3.05, 3.63) is 45.1 Å². The minimum absolute atomic E-state index is 0.0332. The molecule has 1 aromatic carbocycles. The molecule has 2 aromatic rings. The number of hydrogen-bond donors (Lipinski definition) is 2. The first-order valence-corrected chi connectivity index (χ1v) is 13.3. The molecule has 1 aliphatic carbocycles. The largest absolute Gasteiger partial charge is 0.370 e. The molecule has 200 valence electrons. The van der Waals surface area contributed by atoms with Crippen LogP contribution in [0.4, 0.5) is 20.2 Å². The molecule has 1 aromatic heterocycles. The highest BCUT2D eigenvalue weighted by molar-refractivity contribution is 7.18. The molecule has 4 rings (SSSR count). The lowest BCUT2D eigenvalue weighted by molar-refractivity contribution is -0.125. The summed E-state index contributed by atoms with van der Waals surface area (Å²) >= 11 is 7.07. The van der Waals surface area contributed by atoms with Crippen LogP contribution in [0, 0.1) is 5.92 Å². The van der Waals surface area contributed by atoms with Crippen molar-refractivity contribution in [2.75, 3.05) is 50.1 Å². The summed E-state index contributed by atoms with van der Waals surface area (Å²) in [5.41, 5.74) is -0.0692. The molecule has 0 bridgehead atoms. The Morgan fingerprint density at radius 1 is 1.27 bits per heavy atom. The summed E-state index contributed by atoms with van der Waals surface area (Å²) in [5.74, 6) is -0.693. The van der Waals surface area contributed by atoms with E-state index in [9.17, 15) is 23.2 Å². The molecule has 8 nitrogen and oxygen atoms in total. The van der Waals surface area contributed by atoms with Crippen LogP contribution in [-0.2, 0) is 14.3 Å². The van der Waals surface area contributed by atoms with Crippen LogP contribution in [0.15, 0.2) is 30.3 Å². The Hall–Kier alpha value is -2.60. The van der Waals surface area contributed by atoms with E-state index in [4.69, 9.17) is 16.3 Å². The van der Waals surface area contributed by atoms with Gasteiger partial charge < -0.3 is 20.3 Å². The van der Waals surface area contributed by atoms with Crippen LogP contribution in [0.25, 0.3) is 0 Å². The molecular formula is C25H29ClF2N4O4S. The average molecular weight is 555 g/mol. The van der Waals surface area contributed by atoms with Crippen LogP contribution in [0.2, 0.25) is 4.34 Å². The normalized spacial score (nSPS) is 17.1. The summed E-state index contributed by atoms with van der Waals surface area (Å²) in [4.78, 5) is 41.7. The van der Waals surface area contributed by atoms with Crippen molar-refractivity contribution in [2.45, 2.75) is 31.7 Å². The second-order valence-corrected chi connectivity index (χ2v) is 10.9. The van der Waals surface area contributed by atoms with Gasteiger partial charge in [-0.05, 0) is 56.1 Å². The van der Waals surface area contributed by atoms with Gasteiger partial charge in [0, 0.05) is 30.9 Å². The van der Waals surface area contributed by atoms with Crippen molar-refractivity contribution in [1.82, 2.24) is 10.2 Å². The van der Waals surface area contributed by atoms with E-state index in [0.717, 1.165) is 30.6 Å². The maximum absolute atomic E-state index is 13.9. The lowest BCUT2D eigenvalue weighted by atomic mass is 9.85. The number of morpholine rings is 1. The average Bonchev–Trinajstić information content (AvgIpc) is 3.28. The standard InChI is InChI=1S/C25H29ClF2N4O4S/c1-31(13-15-3-2-4-15)19(12-29-25(35)20-7-8-21(26)37-20)24(34)30-16-5-6-18(17(11-16)23(27)28)32-9-10-36-14-22(32)33/h5-8,11,15,19,23H,2-4,9-10,12-14H2,1H3,(H,29,35)(H,30,34)/t19-/m1/s1. The molecule has 1 saturated heterocycles. The maximum Gasteiger partial charge on any atom is 0.265 e. The highest BCUT2D eigenvalue weighted by Crippen LogP contribution is 2.33. The number of thiophene rings is 1. The van der Waals surface area contributed by atoms with Crippen molar-refractivity contribution < 1.29 is 27.9 Å². The quantitative estimate of drug-likeness (QED) is 0.460. The number of amides is 3. The fraction of sp³-hybridized carbons (Fsp3) is 0.480. The Morgan fingerprint density at radius 2 is 2.05 bits per heavy atom. The van der Waals surface area contributed by atoms with Crippen molar-refractivity contribution >= 4 is 52.0 Å². The highest BCUT2D eigenvalue weighted by atomic mass is 35.5. The van der Waals surface area contributed by atoms with Crippen molar-refractivity contribution in [1.29, 1.82) is 0 Å². The summed E-state index contributed by atoms with van der Waals surface area (Å²) in [6.45, 7) is 0.975. The van der Waals surface area contributed by atoms with Gasteiger partial charge in [-0.25, -0.2) is 8.78 Å². The third-order valence-electron chi connectivity index (χ3n) is 6.67. The number of alkyl halides is 2. The second kappa shape index (κ2) is 12.3. The van der Waals surface area contributed by atoms with Gasteiger partial charge in [0.2, 0.25) is 5.91 Å². The van der Waals surface area contributed by atoms with Crippen molar-refractivity contribution in [3.63, 3.8) is 0 Å². The molecular weight excluding hydrogens is 526 g/mol. The van der Waals surface area contributed by atoms with Crippen LogP contribution in [-0.4, -0.2) is 68.6 Å². The van der Waals surface area contributed by atoms with Gasteiger partial charge in [0.1, 0.15) is 12.6 Å². The lowest BCUT2D eigenvalue weighted by Crippen LogP contribution is -2.51. The van der Waals surface area contributed by atoms with E-state index in [1.165, 1.54) is 23.1 Å². The Labute approximate surface area is 222 Å². The topological polar surface area (TPSA) is 91.0 Å². The molecule has 2 N–H and O–H groups in total. The molecule has 2 heterocycles. The van der Waals surface area contributed by atoms with Gasteiger partial charge in [-0.15, -0.1) is 11.3 Å². The zero-order chi connectivity index (χ0) is 26.5. The second-order valence-electron chi connectivity index (χ2n) is 9.23. The molecule has 3 amide bonds.